The summed E-state index contributed by atoms with van der Waals surface area (Å²) in [4.78, 5) is 5.42. The van der Waals surface area contributed by atoms with Crippen LogP contribution in [-0.4, -0.2) is 61.7 Å². The van der Waals surface area contributed by atoms with Crippen molar-refractivity contribution in [3.05, 3.63) is 0 Å². The fourth-order valence-electron chi connectivity index (χ4n) is 3.71. The van der Waals surface area contributed by atoms with Gasteiger partial charge in [-0.2, -0.15) is 0 Å². The van der Waals surface area contributed by atoms with Crippen LogP contribution in [0.25, 0.3) is 0 Å². The van der Waals surface area contributed by atoms with Crippen molar-refractivity contribution in [1.82, 2.24) is 15.1 Å². The number of nitrogens with zero attached hydrogens (tertiary/aromatic N) is 2. The lowest BCUT2D eigenvalue weighted by molar-refractivity contribution is 0.0909. The first kappa shape index (κ1) is 15.3. The van der Waals surface area contributed by atoms with Gasteiger partial charge in [0.1, 0.15) is 0 Å². The van der Waals surface area contributed by atoms with Crippen molar-refractivity contribution in [2.24, 2.45) is 5.92 Å². The van der Waals surface area contributed by atoms with E-state index in [0.29, 0.717) is 0 Å². The van der Waals surface area contributed by atoms with Gasteiger partial charge in [0.2, 0.25) is 0 Å². The fraction of sp³-hybridized carbons (Fsp3) is 1.00. The van der Waals surface area contributed by atoms with Crippen LogP contribution in [0.2, 0.25) is 0 Å². The summed E-state index contributed by atoms with van der Waals surface area (Å²) < 4.78 is 0. The molecule has 1 N–H and O–H groups in total. The molecule has 2 rings (SSSR count). The van der Waals surface area contributed by atoms with Crippen LogP contribution < -0.4 is 5.32 Å². The molecule has 3 nitrogen and oxygen atoms in total. The first-order valence-electron chi connectivity index (χ1n) is 8.50. The van der Waals surface area contributed by atoms with Crippen LogP contribution >= 0.6 is 0 Å². The molecule has 2 saturated heterocycles. The van der Waals surface area contributed by atoms with Crippen LogP contribution in [0.4, 0.5) is 0 Å². The molecule has 112 valence electrons. The predicted octanol–water partition coefficient (Wildman–Crippen LogP) is 2.18. The van der Waals surface area contributed by atoms with E-state index >= 15 is 0 Å². The first-order valence-corrected chi connectivity index (χ1v) is 8.50. The Labute approximate surface area is 119 Å². The zero-order chi connectivity index (χ0) is 13.5. The second-order valence-electron chi connectivity index (χ2n) is 6.35. The van der Waals surface area contributed by atoms with E-state index in [1.165, 1.54) is 77.9 Å². The smallest absolute Gasteiger partial charge is 0.0120 e. The maximum absolute atomic E-state index is 3.49. The van der Waals surface area contributed by atoms with Gasteiger partial charge in [0.15, 0.2) is 0 Å². The minimum atomic E-state index is 0.859. The third-order valence-electron chi connectivity index (χ3n) is 4.98. The van der Waals surface area contributed by atoms with Crippen molar-refractivity contribution in [3.63, 3.8) is 0 Å². The lowest BCUT2D eigenvalue weighted by atomic mass is 9.95. The number of piperidine rings is 2. The van der Waals surface area contributed by atoms with Crippen molar-refractivity contribution >= 4 is 0 Å². The van der Waals surface area contributed by atoms with E-state index in [1.807, 2.05) is 0 Å². The molecular formula is C16H33N3. The summed E-state index contributed by atoms with van der Waals surface area (Å²) in [5.41, 5.74) is 0. The Morgan fingerprint density at radius 1 is 1.05 bits per heavy atom. The van der Waals surface area contributed by atoms with E-state index in [0.717, 1.165) is 12.0 Å². The van der Waals surface area contributed by atoms with Crippen molar-refractivity contribution in [1.29, 1.82) is 0 Å². The summed E-state index contributed by atoms with van der Waals surface area (Å²) in [7, 11) is 0. The number of rotatable bonds is 6. The summed E-state index contributed by atoms with van der Waals surface area (Å²) in [5, 5.41) is 3.49. The van der Waals surface area contributed by atoms with Crippen LogP contribution in [0, 0.1) is 5.92 Å². The van der Waals surface area contributed by atoms with E-state index < -0.39 is 0 Å². The zero-order valence-electron chi connectivity index (χ0n) is 13.0. The highest BCUT2D eigenvalue weighted by Gasteiger charge is 2.25. The molecule has 2 aliphatic rings. The maximum atomic E-state index is 3.49. The highest BCUT2D eigenvalue weighted by atomic mass is 15.2. The van der Waals surface area contributed by atoms with Crippen molar-refractivity contribution in [2.75, 3.05) is 45.8 Å². The zero-order valence-corrected chi connectivity index (χ0v) is 13.0. The molecule has 0 saturated carbocycles. The van der Waals surface area contributed by atoms with Gasteiger partial charge < -0.3 is 15.1 Å². The molecule has 0 spiro atoms. The Kier molecular flexibility index (Phi) is 6.62. The van der Waals surface area contributed by atoms with Crippen molar-refractivity contribution in [3.8, 4) is 0 Å². The lowest BCUT2D eigenvalue weighted by Crippen LogP contribution is -2.47. The average Bonchev–Trinajstić information content (AvgIpc) is 2.48. The number of likely N-dealkylation sites (tertiary alicyclic amines) is 1. The lowest BCUT2D eigenvalue weighted by Gasteiger charge is -2.40. The second kappa shape index (κ2) is 8.23. The first-order chi connectivity index (χ1) is 9.33. The fourth-order valence-corrected chi connectivity index (χ4v) is 3.71. The Balaban J connectivity index is 1.81. The van der Waals surface area contributed by atoms with Crippen LogP contribution in [0.5, 0.6) is 0 Å². The van der Waals surface area contributed by atoms with Gasteiger partial charge in [-0.1, -0.05) is 13.8 Å². The Hall–Kier alpha value is -0.120. The Bertz CT molecular complexity index is 230. The predicted molar refractivity (Wildman–Crippen MR) is 82.6 cm³/mol. The largest absolute Gasteiger partial charge is 0.317 e. The SMILES string of the molecule is CCCN(CC1CCNCC1)C1CCN(CC)CC1. The summed E-state index contributed by atoms with van der Waals surface area (Å²) in [6.45, 7) is 13.6. The molecule has 0 aromatic heterocycles. The molecule has 2 fully saturated rings. The molecule has 3 heteroatoms. The second-order valence-corrected chi connectivity index (χ2v) is 6.35. The highest BCUT2D eigenvalue weighted by molar-refractivity contribution is 4.82. The molecule has 19 heavy (non-hydrogen) atoms. The molecule has 2 aliphatic heterocycles. The monoisotopic (exact) mass is 267 g/mol. The number of nitrogens with one attached hydrogen (secondary N) is 1. The maximum Gasteiger partial charge on any atom is 0.0120 e. The van der Waals surface area contributed by atoms with Crippen molar-refractivity contribution in [2.45, 2.75) is 52.0 Å². The van der Waals surface area contributed by atoms with Gasteiger partial charge in [-0.05, 0) is 77.3 Å². The third-order valence-corrected chi connectivity index (χ3v) is 4.98. The molecule has 0 aromatic carbocycles. The van der Waals surface area contributed by atoms with E-state index in [1.54, 1.807) is 0 Å². The minimum Gasteiger partial charge on any atom is -0.317 e. The Morgan fingerprint density at radius 2 is 1.74 bits per heavy atom. The Morgan fingerprint density at radius 3 is 2.32 bits per heavy atom. The van der Waals surface area contributed by atoms with Crippen LogP contribution in [0.1, 0.15) is 46.0 Å². The molecule has 0 unspecified atom stereocenters. The average molecular weight is 267 g/mol. The summed E-state index contributed by atoms with van der Waals surface area (Å²) in [6, 6.07) is 0.859. The molecule has 0 radical (unpaired) electrons. The summed E-state index contributed by atoms with van der Waals surface area (Å²) >= 11 is 0. The van der Waals surface area contributed by atoms with Crippen LogP contribution in [-0.2, 0) is 0 Å². The molecule has 0 atom stereocenters. The van der Waals surface area contributed by atoms with Gasteiger partial charge >= 0.3 is 0 Å². The molecular weight excluding hydrogens is 234 g/mol. The molecule has 0 bridgehead atoms. The summed E-state index contributed by atoms with van der Waals surface area (Å²) in [6.07, 6.45) is 6.85. The number of hydrogen-bond donors (Lipinski definition) is 1. The van der Waals surface area contributed by atoms with Gasteiger partial charge in [-0.15, -0.1) is 0 Å². The van der Waals surface area contributed by atoms with Gasteiger partial charge in [-0.3, -0.25) is 0 Å². The van der Waals surface area contributed by atoms with Crippen LogP contribution in [0.3, 0.4) is 0 Å². The van der Waals surface area contributed by atoms with E-state index in [4.69, 9.17) is 0 Å². The summed E-state index contributed by atoms with van der Waals surface area (Å²) in [5.74, 6) is 0.942. The topological polar surface area (TPSA) is 18.5 Å². The molecule has 0 aliphatic carbocycles. The van der Waals surface area contributed by atoms with E-state index in [9.17, 15) is 0 Å². The van der Waals surface area contributed by atoms with Gasteiger partial charge in [0.05, 0.1) is 0 Å². The third kappa shape index (κ3) is 4.73. The highest BCUT2D eigenvalue weighted by Crippen LogP contribution is 2.21. The standard InChI is InChI=1S/C16H33N3/c1-3-11-19(14-15-5-9-17-10-6-15)16-7-12-18(4-2)13-8-16/h15-17H,3-14H2,1-2H3. The van der Waals surface area contributed by atoms with Gasteiger partial charge in [-0.25, -0.2) is 0 Å². The molecule has 2 heterocycles. The quantitative estimate of drug-likeness (QED) is 0.796. The molecule has 0 amide bonds. The van der Waals surface area contributed by atoms with Gasteiger partial charge in [0, 0.05) is 12.6 Å². The normalized spacial score (nSPS) is 24.2. The van der Waals surface area contributed by atoms with Gasteiger partial charge in [0.25, 0.3) is 0 Å². The molecule has 0 aromatic rings. The minimum absolute atomic E-state index is 0.859. The van der Waals surface area contributed by atoms with Crippen molar-refractivity contribution < 1.29 is 0 Å². The number of hydrogen-bond acceptors (Lipinski definition) is 3. The van der Waals surface area contributed by atoms with E-state index in [-0.39, 0.29) is 0 Å². The van der Waals surface area contributed by atoms with Crippen LogP contribution in [0.15, 0.2) is 0 Å². The van der Waals surface area contributed by atoms with E-state index in [2.05, 4.69) is 29.0 Å².